The standard InChI is InChI=1S/C21H20F9IO3S/c1-13(2)12-15-6-10-17(11-7-15)31(16-8-4-14(3)5-9-16)34-35(32,33)21(29,30)19(24,25)18(22,23)20(26,27)28/h4-11,13H,12H2,1-3H3/q+1. The van der Waals surface area contributed by atoms with Crippen LogP contribution in [0.1, 0.15) is 25.0 Å². The summed E-state index contributed by atoms with van der Waals surface area (Å²) < 4.78 is 149. The van der Waals surface area contributed by atoms with Gasteiger partial charge in [0, 0.05) is 0 Å². The van der Waals surface area contributed by atoms with Gasteiger partial charge in [-0.25, -0.2) is 0 Å². The molecule has 0 aromatic heterocycles. The molecule has 2 aromatic carbocycles. The minimum absolute atomic E-state index is 0.00156. The lowest BCUT2D eigenvalue weighted by Crippen LogP contribution is -3.85. The summed E-state index contributed by atoms with van der Waals surface area (Å²) in [5.74, 6) is -14.5. The summed E-state index contributed by atoms with van der Waals surface area (Å²) in [6.07, 6.45) is -6.56. The summed E-state index contributed by atoms with van der Waals surface area (Å²) in [5, 5.41) is -6.91. The molecule has 197 valence electrons. The van der Waals surface area contributed by atoms with Crippen molar-refractivity contribution < 1.29 is 70.7 Å². The normalized spacial score (nSPS) is 14.1. The first-order valence-electron chi connectivity index (χ1n) is 9.75. The SMILES string of the molecule is Cc1ccc([I+](OS(=O)(=O)C(F)(F)C(F)(F)C(F)(F)C(F)(F)F)c2ccc(CC(C)C)cc2)cc1. The molecule has 2 rings (SSSR count). The second-order valence-corrected chi connectivity index (χ2v) is 14.5. The molecule has 35 heavy (non-hydrogen) atoms. The van der Waals surface area contributed by atoms with Crippen LogP contribution < -0.4 is 20.2 Å². The van der Waals surface area contributed by atoms with Crippen LogP contribution in [-0.2, 0) is 19.1 Å². The van der Waals surface area contributed by atoms with E-state index < -0.39 is 53.6 Å². The average Bonchev–Trinajstić information content (AvgIpc) is 2.72. The van der Waals surface area contributed by atoms with Crippen molar-refractivity contribution in [3.05, 3.63) is 66.8 Å². The summed E-state index contributed by atoms with van der Waals surface area (Å²) in [7, 11) is -6.99. The van der Waals surface area contributed by atoms with Crippen molar-refractivity contribution in [1.82, 2.24) is 0 Å². The largest absolute Gasteiger partial charge is 0.460 e. The fourth-order valence-corrected chi connectivity index (χ4v) is 9.61. The first-order chi connectivity index (χ1) is 15.7. The monoisotopic (exact) mass is 650 g/mol. The quantitative estimate of drug-likeness (QED) is 0.309. The van der Waals surface area contributed by atoms with Crippen molar-refractivity contribution in [2.75, 3.05) is 0 Å². The van der Waals surface area contributed by atoms with E-state index in [1.165, 1.54) is 48.5 Å². The van der Waals surface area contributed by atoms with Crippen molar-refractivity contribution >= 4 is 10.1 Å². The van der Waals surface area contributed by atoms with Crippen LogP contribution in [0.3, 0.4) is 0 Å². The van der Waals surface area contributed by atoms with Gasteiger partial charge in [-0.1, -0.05) is 43.7 Å². The molecule has 14 heteroatoms. The Bertz CT molecular complexity index is 1110. The predicted molar refractivity (Wildman–Crippen MR) is 104 cm³/mol. The summed E-state index contributed by atoms with van der Waals surface area (Å²) in [6.45, 7) is 5.45. The fraction of sp³-hybridized carbons (Fsp3) is 0.429. The summed E-state index contributed by atoms with van der Waals surface area (Å²) in [4.78, 5) is 0. The van der Waals surface area contributed by atoms with Crippen LogP contribution in [0.15, 0.2) is 48.5 Å². The Labute approximate surface area is 203 Å². The minimum atomic E-state index is -7.36. The first kappa shape index (κ1) is 29.7. The lowest BCUT2D eigenvalue weighted by molar-refractivity contribution is -1.03. The zero-order valence-corrected chi connectivity index (χ0v) is 21.3. The van der Waals surface area contributed by atoms with Crippen molar-refractivity contribution in [1.29, 1.82) is 0 Å². The Kier molecular flexibility index (Phi) is 8.54. The van der Waals surface area contributed by atoms with Gasteiger partial charge in [0.25, 0.3) is 0 Å². The molecule has 3 nitrogen and oxygen atoms in total. The van der Waals surface area contributed by atoms with E-state index in [1.807, 2.05) is 13.8 Å². The molecule has 0 unspecified atom stereocenters. The molecule has 2 aromatic rings. The van der Waals surface area contributed by atoms with Crippen molar-refractivity contribution in [3.8, 4) is 0 Å². The zero-order valence-electron chi connectivity index (χ0n) is 18.3. The maximum atomic E-state index is 14.3. The molecule has 0 saturated heterocycles. The molecule has 0 aliphatic heterocycles. The molecule has 1 radical (unpaired) electrons. The number of benzene rings is 2. The Morgan fingerprint density at radius 2 is 1.20 bits per heavy atom. The van der Waals surface area contributed by atoms with Gasteiger partial charge in [-0.15, -0.1) is 0 Å². The van der Waals surface area contributed by atoms with E-state index in [0.29, 0.717) is 12.0 Å². The minimum Gasteiger partial charge on any atom is -0.191 e. The van der Waals surface area contributed by atoms with Gasteiger partial charge < -0.3 is 0 Å². The summed E-state index contributed by atoms with van der Waals surface area (Å²) in [6, 6.07) is 11.1. The zero-order chi connectivity index (χ0) is 27.0. The first-order valence-corrected chi connectivity index (χ1v) is 14.2. The molecule has 0 heterocycles. The Morgan fingerprint density at radius 1 is 0.771 bits per heavy atom. The molecular weight excluding hydrogens is 630 g/mol. The van der Waals surface area contributed by atoms with Gasteiger partial charge in [0.15, 0.2) is 7.14 Å². The van der Waals surface area contributed by atoms with Crippen LogP contribution in [0.2, 0.25) is 0 Å². The number of hydrogen-bond acceptors (Lipinski definition) is 3. The topological polar surface area (TPSA) is 43.4 Å². The number of halogens is 10. The van der Waals surface area contributed by atoms with Gasteiger partial charge in [-0.3, -0.25) is 0 Å². The van der Waals surface area contributed by atoms with Crippen LogP contribution in [0.25, 0.3) is 0 Å². The summed E-state index contributed by atoms with van der Waals surface area (Å²) >= 11 is -4.08. The van der Waals surface area contributed by atoms with Gasteiger partial charge in [0.2, 0.25) is 0 Å². The molecular formula is C21H20F9IO3S+. The second-order valence-electron chi connectivity index (χ2n) is 7.95. The van der Waals surface area contributed by atoms with Crippen molar-refractivity contribution in [3.63, 3.8) is 0 Å². The average molecular weight is 650 g/mol. The summed E-state index contributed by atoms with van der Waals surface area (Å²) in [5.41, 5.74) is 1.43. The highest BCUT2D eigenvalue weighted by Gasteiger charge is 2.86. The number of aryl methyl sites for hydroxylation is 1. The lowest BCUT2D eigenvalue weighted by atomic mass is 10.0. The maximum absolute atomic E-state index is 14.3. The third-order valence-corrected chi connectivity index (χ3v) is 11.9. The smallest absolute Gasteiger partial charge is 0.191 e. The predicted octanol–water partition coefficient (Wildman–Crippen LogP) is 3.54. The van der Waals surface area contributed by atoms with E-state index in [9.17, 15) is 47.9 Å². The van der Waals surface area contributed by atoms with E-state index >= 15 is 0 Å². The van der Waals surface area contributed by atoms with Gasteiger partial charge in [0.1, 0.15) is 0 Å². The number of alkyl halides is 9. The number of hydrogen-bond donors (Lipinski definition) is 0. The Balaban J connectivity index is 2.56. The van der Waals surface area contributed by atoms with E-state index in [0.717, 1.165) is 5.56 Å². The Hall–Kier alpha value is -1.55. The number of rotatable bonds is 9. The molecule has 0 amide bonds. The molecule has 0 bridgehead atoms. The lowest BCUT2D eigenvalue weighted by Gasteiger charge is -2.31. The highest BCUT2D eigenvalue weighted by Crippen LogP contribution is 2.54. The third-order valence-electron chi connectivity index (χ3n) is 4.54. The van der Waals surface area contributed by atoms with Gasteiger partial charge >= 0.3 is 53.6 Å². The van der Waals surface area contributed by atoms with Crippen LogP contribution in [0, 0.1) is 20.0 Å². The van der Waals surface area contributed by atoms with Crippen molar-refractivity contribution in [2.24, 2.45) is 5.92 Å². The maximum Gasteiger partial charge on any atom is 0.460 e. The van der Waals surface area contributed by atoms with E-state index in [1.54, 1.807) is 6.92 Å². The Morgan fingerprint density at radius 3 is 1.60 bits per heavy atom. The molecule has 0 aliphatic rings. The molecule has 0 spiro atoms. The fourth-order valence-electron chi connectivity index (χ4n) is 2.69. The molecule has 0 N–H and O–H groups in total. The van der Waals surface area contributed by atoms with Crippen molar-refractivity contribution in [2.45, 2.75) is 50.5 Å². The van der Waals surface area contributed by atoms with Gasteiger partial charge in [-0.2, -0.15) is 47.9 Å². The van der Waals surface area contributed by atoms with Crippen LogP contribution in [0.4, 0.5) is 39.5 Å². The molecule has 0 fully saturated rings. The highest BCUT2D eigenvalue weighted by atomic mass is 127. The second kappa shape index (κ2) is 10.1. The van der Waals surface area contributed by atoms with Crippen LogP contribution >= 0.6 is 0 Å². The molecule has 0 saturated carbocycles. The van der Waals surface area contributed by atoms with Gasteiger partial charge in [0.05, 0.1) is 0 Å². The molecule has 0 atom stereocenters. The van der Waals surface area contributed by atoms with E-state index in [-0.39, 0.29) is 13.1 Å². The highest BCUT2D eigenvalue weighted by molar-refractivity contribution is 7.87. The molecule has 0 aliphatic carbocycles. The third kappa shape index (κ3) is 5.89. The van der Waals surface area contributed by atoms with E-state index in [4.69, 9.17) is 0 Å². The van der Waals surface area contributed by atoms with E-state index in [2.05, 4.69) is 2.51 Å². The van der Waals surface area contributed by atoms with Crippen LogP contribution in [-0.4, -0.2) is 31.7 Å². The van der Waals surface area contributed by atoms with Gasteiger partial charge in [-0.05, 0) is 51.6 Å². The van der Waals surface area contributed by atoms with Crippen LogP contribution in [0.5, 0.6) is 0 Å².